The summed E-state index contributed by atoms with van der Waals surface area (Å²) in [5, 5.41) is 0. The lowest BCUT2D eigenvalue weighted by Gasteiger charge is -2.23. The topological polar surface area (TPSA) is 71.8 Å². The number of sulfonamides is 1. The third kappa shape index (κ3) is 4.42. The van der Waals surface area contributed by atoms with Gasteiger partial charge in [0.15, 0.2) is 0 Å². The van der Waals surface area contributed by atoms with E-state index in [2.05, 4.69) is 0 Å². The van der Waals surface area contributed by atoms with Gasteiger partial charge in [0.2, 0.25) is 10.0 Å². The Balaban J connectivity index is 1.69. The van der Waals surface area contributed by atoms with Crippen molar-refractivity contribution in [2.75, 3.05) is 25.1 Å². The molecule has 0 saturated carbocycles. The van der Waals surface area contributed by atoms with E-state index in [1.54, 1.807) is 35.8 Å². The molecule has 0 unspecified atom stereocenters. The molecule has 0 atom stereocenters. The van der Waals surface area contributed by atoms with Crippen LogP contribution in [0.25, 0.3) is 0 Å². The summed E-state index contributed by atoms with van der Waals surface area (Å²) in [5.74, 6) is 0.420. The van der Waals surface area contributed by atoms with Crippen molar-refractivity contribution in [3.8, 4) is 5.75 Å². The van der Waals surface area contributed by atoms with E-state index in [9.17, 15) is 13.2 Å². The molecule has 3 aromatic rings. The van der Waals surface area contributed by atoms with Crippen LogP contribution in [0.2, 0.25) is 0 Å². The van der Waals surface area contributed by atoms with Crippen molar-refractivity contribution in [2.24, 2.45) is 7.05 Å². The van der Waals surface area contributed by atoms with Gasteiger partial charge in [-0.05, 0) is 48.7 Å². The Labute approximate surface area is 188 Å². The molecular formula is C24H27N3O4S. The number of methoxy groups -OCH3 is 1. The molecule has 0 bridgehead atoms. The molecule has 2 aromatic carbocycles. The standard InChI is InChI=1S/C24H27N3O4S/c1-25-18-22(32(29,30)26-14-6-7-15-26)16-23(25)24(28)27(17-19-8-4-3-5-9-19)20-10-12-21(31-2)13-11-20/h3-5,8-13,16,18H,6-7,14-15,17H2,1-2H3. The summed E-state index contributed by atoms with van der Waals surface area (Å²) in [5.41, 5.74) is 1.98. The van der Waals surface area contributed by atoms with Crippen LogP contribution in [-0.2, 0) is 23.6 Å². The second kappa shape index (κ2) is 9.18. The minimum Gasteiger partial charge on any atom is -0.497 e. The fourth-order valence-electron chi connectivity index (χ4n) is 3.91. The summed E-state index contributed by atoms with van der Waals surface area (Å²) in [6, 6.07) is 18.4. The molecule has 1 aromatic heterocycles. The molecule has 1 aliphatic rings. The average molecular weight is 454 g/mol. The quantitative estimate of drug-likeness (QED) is 0.547. The Morgan fingerprint density at radius 1 is 1.03 bits per heavy atom. The highest BCUT2D eigenvalue weighted by molar-refractivity contribution is 7.89. The molecule has 2 heterocycles. The highest BCUT2D eigenvalue weighted by Gasteiger charge is 2.30. The fourth-order valence-corrected chi connectivity index (χ4v) is 5.50. The number of amides is 1. The van der Waals surface area contributed by atoms with Gasteiger partial charge in [0.25, 0.3) is 5.91 Å². The first kappa shape index (κ1) is 22.1. The Morgan fingerprint density at radius 3 is 2.31 bits per heavy atom. The molecule has 0 spiro atoms. The molecular weight excluding hydrogens is 426 g/mol. The highest BCUT2D eigenvalue weighted by Crippen LogP contribution is 2.26. The summed E-state index contributed by atoms with van der Waals surface area (Å²) < 4.78 is 34.3. The maximum atomic E-state index is 13.7. The number of hydrogen-bond donors (Lipinski definition) is 0. The number of rotatable bonds is 7. The predicted octanol–water partition coefficient (Wildman–Crippen LogP) is 3.67. The van der Waals surface area contributed by atoms with Crippen molar-refractivity contribution in [3.05, 3.63) is 78.1 Å². The first-order valence-electron chi connectivity index (χ1n) is 10.6. The molecule has 0 radical (unpaired) electrons. The number of aromatic nitrogens is 1. The predicted molar refractivity (Wildman–Crippen MR) is 123 cm³/mol. The van der Waals surface area contributed by atoms with Gasteiger partial charge in [0.1, 0.15) is 16.3 Å². The lowest BCUT2D eigenvalue weighted by atomic mass is 10.1. The van der Waals surface area contributed by atoms with Gasteiger partial charge in [-0.1, -0.05) is 30.3 Å². The molecule has 7 nitrogen and oxygen atoms in total. The number of nitrogens with zero attached hydrogens (tertiary/aromatic N) is 3. The van der Waals surface area contributed by atoms with Gasteiger partial charge >= 0.3 is 0 Å². The molecule has 0 aliphatic carbocycles. The second-order valence-electron chi connectivity index (χ2n) is 7.86. The zero-order chi connectivity index (χ0) is 22.7. The lowest BCUT2D eigenvalue weighted by molar-refractivity contribution is 0.0977. The van der Waals surface area contributed by atoms with Crippen molar-refractivity contribution >= 4 is 21.6 Å². The van der Waals surface area contributed by atoms with Crippen molar-refractivity contribution in [1.82, 2.24) is 8.87 Å². The third-order valence-corrected chi connectivity index (χ3v) is 7.58. The molecule has 0 N–H and O–H groups in total. The van der Waals surface area contributed by atoms with Crippen LogP contribution >= 0.6 is 0 Å². The van der Waals surface area contributed by atoms with Crippen LogP contribution in [0.3, 0.4) is 0 Å². The van der Waals surface area contributed by atoms with E-state index in [4.69, 9.17) is 4.74 Å². The zero-order valence-electron chi connectivity index (χ0n) is 18.3. The van der Waals surface area contributed by atoms with Crippen LogP contribution in [-0.4, -0.2) is 43.4 Å². The number of hydrogen-bond acceptors (Lipinski definition) is 4. The van der Waals surface area contributed by atoms with Crippen molar-refractivity contribution in [2.45, 2.75) is 24.3 Å². The number of carbonyl (C=O) groups is 1. The Bertz CT molecular complexity index is 1180. The Kier molecular flexibility index (Phi) is 6.34. The van der Waals surface area contributed by atoms with Gasteiger partial charge in [-0.3, -0.25) is 4.79 Å². The molecule has 1 aliphatic heterocycles. The van der Waals surface area contributed by atoms with Crippen LogP contribution in [0, 0.1) is 0 Å². The summed E-state index contributed by atoms with van der Waals surface area (Å²) in [6.07, 6.45) is 3.25. The number of carbonyl (C=O) groups excluding carboxylic acids is 1. The highest BCUT2D eigenvalue weighted by atomic mass is 32.2. The summed E-state index contributed by atoms with van der Waals surface area (Å²) in [4.78, 5) is 15.5. The van der Waals surface area contributed by atoms with E-state index in [0.717, 1.165) is 18.4 Å². The molecule has 1 amide bonds. The third-order valence-electron chi connectivity index (χ3n) is 5.71. The molecule has 168 valence electrons. The number of ether oxygens (including phenoxy) is 1. The fraction of sp³-hybridized carbons (Fsp3) is 0.292. The van der Waals surface area contributed by atoms with E-state index >= 15 is 0 Å². The SMILES string of the molecule is COc1ccc(N(Cc2ccccc2)C(=O)c2cc(S(=O)(=O)N3CCCC3)cn2C)cc1. The maximum Gasteiger partial charge on any atom is 0.275 e. The largest absolute Gasteiger partial charge is 0.497 e. The van der Waals surface area contributed by atoms with Crippen molar-refractivity contribution in [3.63, 3.8) is 0 Å². The number of anilines is 1. The molecule has 4 rings (SSSR count). The summed E-state index contributed by atoms with van der Waals surface area (Å²) >= 11 is 0. The first-order chi connectivity index (χ1) is 15.4. The number of benzene rings is 2. The second-order valence-corrected chi connectivity index (χ2v) is 9.80. The van der Waals surface area contributed by atoms with Crippen LogP contribution in [0.4, 0.5) is 5.69 Å². The molecule has 1 saturated heterocycles. The first-order valence-corrected chi connectivity index (χ1v) is 12.0. The van der Waals surface area contributed by atoms with Crippen LogP contribution < -0.4 is 9.64 Å². The van der Waals surface area contributed by atoms with Crippen molar-refractivity contribution < 1.29 is 17.9 Å². The Morgan fingerprint density at radius 2 is 1.69 bits per heavy atom. The maximum absolute atomic E-state index is 13.7. The van der Waals surface area contributed by atoms with E-state index in [1.165, 1.54) is 16.6 Å². The Hall–Kier alpha value is -3.10. The van der Waals surface area contributed by atoms with Gasteiger partial charge < -0.3 is 14.2 Å². The zero-order valence-corrected chi connectivity index (χ0v) is 19.1. The van der Waals surface area contributed by atoms with Gasteiger partial charge in [-0.25, -0.2) is 8.42 Å². The van der Waals surface area contributed by atoms with E-state index in [0.29, 0.717) is 36.8 Å². The smallest absolute Gasteiger partial charge is 0.275 e. The van der Waals surface area contributed by atoms with E-state index < -0.39 is 10.0 Å². The van der Waals surface area contributed by atoms with Crippen LogP contribution in [0.15, 0.2) is 71.8 Å². The molecule has 8 heteroatoms. The monoisotopic (exact) mass is 453 g/mol. The molecule has 1 fully saturated rings. The number of aryl methyl sites for hydroxylation is 1. The van der Waals surface area contributed by atoms with E-state index in [-0.39, 0.29) is 10.8 Å². The summed E-state index contributed by atoms with van der Waals surface area (Å²) in [7, 11) is -0.316. The van der Waals surface area contributed by atoms with Crippen LogP contribution in [0.5, 0.6) is 5.75 Å². The van der Waals surface area contributed by atoms with Crippen molar-refractivity contribution in [1.29, 1.82) is 0 Å². The van der Waals surface area contributed by atoms with Crippen LogP contribution in [0.1, 0.15) is 28.9 Å². The normalized spacial score (nSPS) is 14.4. The lowest BCUT2D eigenvalue weighted by Crippen LogP contribution is -2.31. The minimum absolute atomic E-state index is 0.152. The average Bonchev–Trinajstić information content (AvgIpc) is 3.49. The minimum atomic E-state index is -3.61. The van der Waals surface area contributed by atoms with Gasteiger partial charge in [-0.2, -0.15) is 4.31 Å². The van der Waals surface area contributed by atoms with Gasteiger partial charge in [0.05, 0.1) is 13.7 Å². The van der Waals surface area contributed by atoms with E-state index in [1.807, 2.05) is 42.5 Å². The molecule has 32 heavy (non-hydrogen) atoms. The van der Waals surface area contributed by atoms with Gasteiger partial charge in [0, 0.05) is 32.0 Å². The van der Waals surface area contributed by atoms with Gasteiger partial charge in [-0.15, -0.1) is 0 Å². The summed E-state index contributed by atoms with van der Waals surface area (Å²) in [6.45, 7) is 1.39.